The topological polar surface area (TPSA) is 143 Å². The molecule has 3 N–H and O–H groups in total. The highest BCUT2D eigenvalue weighted by Crippen LogP contribution is 2.44. The van der Waals surface area contributed by atoms with Crippen molar-refractivity contribution in [2.24, 2.45) is 11.3 Å². The van der Waals surface area contributed by atoms with Crippen LogP contribution in [0.4, 0.5) is 5.69 Å². The van der Waals surface area contributed by atoms with Crippen molar-refractivity contribution in [2.45, 2.75) is 97.2 Å². The second-order valence-electron chi connectivity index (χ2n) is 11.9. The van der Waals surface area contributed by atoms with Crippen LogP contribution < -0.4 is 16.0 Å². The van der Waals surface area contributed by atoms with Crippen LogP contribution in [0.25, 0.3) is 0 Å². The monoisotopic (exact) mass is 590 g/mol. The molecule has 3 aliphatic rings. The minimum atomic E-state index is -0.951. The summed E-state index contributed by atoms with van der Waals surface area (Å²) in [6.07, 6.45) is 1.70. The van der Waals surface area contributed by atoms with E-state index in [9.17, 15) is 24.0 Å². The highest BCUT2D eigenvalue weighted by atomic mass is 35.5. The zero-order chi connectivity index (χ0) is 30.1. The van der Waals surface area contributed by atoms with Crippen molar-refractivity contribution in [2.75, 3.05) is 11.9 Å². The molecule has 2 bridgehead atoms. The molecule has 1 aromatic carbocycles. The Bertz CT molecular complexity index is 1220. The van der Waals surface area contributed by atoms with Gasteiger partial charge in [0.2, 0.25) is 24.0 Å². The van der Waals surface area contributed by atoms with E-state index in [-0.39, 0.29) is 46.7 Å². The van der Waals surface area contributed by atoms with Crippen LogP contribution >= 0.6 is 11.6 Å². The Morgan fingerprint density at radius 1 is 1.17 bits per heavy atom. The van der Waals surface area contributed by atoms with Crippen molar-refractivity contribution in [1.29, 1.82) is 0 Å². The van der Waals surface area contributed by atoms with Crippen LogP contribution in [-0.4, -0.2) is 71.6 Å². The lowest BCUT2D eigenvalue weighted by Crippen LogP contribution is -2.62. The number of halogens is 1. The van der Waals surface area contributed by atoms with Crippen molar-refractivity contribution in [1.82, 2.24) is 15.5 Å². The maximum Gasteiger partial charge on any atom is 0.310 e. The van der Waals surface area contributed by atoms with Gasteiger partial charge in [0.05, 0.1) is 17.0 Å². The van der Waals surface area contributed by atoms with Gasteiger partial charge in [-0.25, -0.2) is 0 Å². The van der Waals surface area contributed by atoms with Crippen LogP contribution in [0.3, 0.4) is 0 Å². The molecule has 1 unspecified atom stereocenters. The van der Waals surface area contributed by atoms with E-state index in [1.807, 2.05) is 20.8 Å². The molecule has 1 aliphatic carbocycles. The maximum absolute atomic E-state index is 14.2. The number of fused-ring (bicyclic) bond motifs is 2. The molecule has 0 aromatic heterocycles. The molecule has 0 radical (unpaired) electrons. The smallest absolute Gasteiger partial charge is 0.310 e. The largest absolute Gasteiger partial charge is 0.433 e. The molecule has 11 nitrogen and oxygen atoms in total. The lowest BCUT2D eigenvalue weighted by molar-refractivity contribution is -0.165. The zero-order valence-electron chi connectivity index (χ0n) is 24.1. The molecule has 4 rings (SSSR count). The lowest BCUT2D eigenvalue weighted by Gasteiger charge is -2.40. The summed E-state index contributed by atoms with van der Waals surface area (Å²) < 4.78 is 10.7. The third-order valence-corrected chi connectivity index (χ3v) is 8.25. The third-order valence-electron chi connectivity index (χ3n) is 7.94. The molecule has 224 valence electrons. The SMILES string of the molecule is CCO[C@@H]1OC(=O)C[C@@H]1NC(=O)[C@@H]1[C@H]2CCC(C2)N1C(=O)[C@@H](NC(=O)c1ccc(NC(=O)CC)cc1Cl)C(C)(C)C. The minimum absolute atomic E-state index is 0.00643. The first-order chi connectivity index (χ1) is 19.3. The van der Waals surface area contributed by atoms with Crippen molar-refractivity contribution < 1.29 is 33.4 Å². The number of nitrogens with zero attached hydrogens (tertiary/aromatic N) is 1. The Balaban J connectivity index is 1.53. The fourth-order valence-corrected chi connectivity index (χ4v) is 6.18. The number of anilines is 1. The van der Waals surface area contributed by atoms with E-state index in [1.165, 1.54) is 12.1 Å². The summed E-state index contributed by atoms with van der Waals surface area (Å²) in [7, 11) is 0. The van der Waals surface area contributed by atoms with Gasteiger partial charge in [-0.05, 0) is 55.7 Å². The van der Waals surface area contributed by atoms with E-state index in [0.29, 0.717) is 25.1 Å². The van der Waals surface area contributed by atoms with E-state index in [2.05, 4.69) is 16.0 Å². The maximum atomic E-state index is 14.2. The van der Waals surface area contributed by atoms with Gasteiger partial charge in [-0.3, -0.25) is 24.0 Å². The number of piperidine rings is 1. The summed E-state index contributed by atoms with van der Waals surface area (Å²) in [5.74, 6) is -1.90. The fraction of sp³-hybridized carbons (Fsp3) is 0.621. The van der Waals surface area contributed by atoms with Crippen molar-refractivity contribution in [3.63, 3.8) is 0 Å². The second-order valence-corrected chi connectivity index (χ2v) is 12.3. The Labute approximate surface area is 245 Å². The molecule has 2 saturated heterocycles. The number of rotatable bonds is 9. The number of hydrogen-bond donors (Lipinski definition) is 3. The molecule has 0 spiro atoms. The summed E-state index contributed by atoms with van der Waals surface area (Å²) in [4.78, 5) is 66.3. The molecule has 2 heterocycles. The van der Waals surface area contributed by atoms with Gasteiger partial charge in [0, 0.05) is 24.8 Å². The lowest BCUT2D eigenvalue weighted by atomic mass is 9.84. The number of hydrogen-bond acceptors (Lipinski definition) is 7. The molecular formula is C29H39ClN4O7. The van der Waals surface area contributed by atoms with Crippen LogP contribution in [-0.2, 0) is 28.7 Å². The van der Waals surface area contributed by atoms with Gasteiger partial charge in [-0.15, -0.1) is 0 Å². The highest BCUT2D eigenvalue weighted by Gasteiger charge is 2.54. The summed E-state index contributed by atoms with van der Waals surface area (Å²) in [5, 5.41) is 8.59. The number of ether oxygens (including phenoxy) is 2. The number of carbonyl (C=O) groups is 5. The van der Waals surface area contributed by atoms with E-state index < -0.39 is 41.7 Å². The molecule has 12 heteroatoms. The predicted octanol–water partition coefficient (Wildman–Crippen LogP) is 3.01. The van der Waals surface area contributed by atoms with Gasteiger partial charge in [-0.2, -0.15) is 0 Å². The van der Waals surface area contributed by atoms with Gasteiger partial charge >= 0.3 is 5.97 Å². The van der Waals surface area contributed by atoms with E-state index >= 15 is 0 Å². The molecule has 41 heavy (non-hydrogen) atoms. The highest BCUT2D eigenvalue weighted by molar-refractivity contribution is 6.34. The van der Waals surface area contributed by atoms with Crippen LogP contribution in [0.5, 0.6) is 0 Å². The van der Waals surface area contributed by atoms with Crippen molar-refractivity contribution in [3.8, 4) is 0 Å². The molecule has 2 aliphatic heterocycles. The Morgan fingerprint density at radius 3 is 2.54 bits per heavy atom. The van der Waals surface area contributed by atoms with Crippen LogP contribution in [0.15, 0.2) is 18.2 Å². The van der Waals surface area contributed by atoms with Gasteiger partial charge < -0.3 is 30.3 Å². The van der Waals surface area contributed by atoms with Crippen LogP contribution in [0.1, 0.15) is 77.1 Å². The quantitative estimate of drug-likeness (QED) is 0.375. The van der Waals surface area contributed by atoms with Gasteiger partial charge in [-0.1, -0.05) is 39.3 Å². The molecule has 1 saturated carbocycles. The number of carbonyl (C=O) groups excluding carboxylic acids is 5. The average molecular weight is 591 g/mol. The van der Waals surface area contributed by atoms with E-state index in [1.54, 1.807) is 24.8 Å². The number of amides is 4. The fourth-order valence-electron chi connectivity index (χ4n) is 5.91. The molecule has 6 atom stereocenters. The van der Waals surface area contributed by atoms with Gasteiger partial charge in [0.15, 0.2) is 0 Å². The first kappa shape index (κ1) is 30.8. The average Bonchev–Trinajstić information content (AvgIpc) is 3.61. The normalized spacial score (nSPS) is 26.0. The first-order valence-corrected chi connectivity index (χ1v) is 14.6. The van der Waals surface area contributed by atoms with Crippen LogP contribution in [0, 0.1) is 11.3 Å². The molecular weight excluding hydrogens is 552 g/mol. The van der Waals surface area contributed by atoms with Crippen molar-refractivity contribution >= 4 is 46.9 Å². The van der Waals surface area contributed by atoms with Crippen LogP contribution in [0.2, 0.25) is 5.02 Å². The number of cyclic esters (lactones) is 1. The zero-order valence-corrected chi connectivity index (χ0v) is 24.9. The van der Waals surface area contributed by atoms with Gasteiger partial charge in [0.25, 0.3) is 5.91 Å². The molecule has 4 amide bonds. The summed E-state index contributed by atoms with van der Waals surface area (Å²) in [6, 6.07) is 2.12. The predicted molar refractivity (Wildman–Crippen MR) is 151 cm³/mol. The number of nitrogens with one attached hydrogen (secondary N) is 3. The van der Waals surface area contributed by atoms with E-state index in [4.69, 9.17) is 21.1 Å². The van der Waals surface area contributed by atoms with Crippen molar-refractivity contribution in [3.05, 3.63) is 28.8 Å². The number of likely N-dealkylation sites (tertiary alicyclic amines) is 1. The number of esters is 1. The summed E-state index contributed by atoms with van der Waals surface area (Å²) in [5.41, 5.74) is -0.0684. The summed E-state index contributed by atoms with van der Waals surface area (Å²) in [6.45, 7) is 9.35. The number of benzene rings is 1. The Morgan fingerprint density at radius 2 is 1.90 bits per heavy atom. The third kappa shape index (κ3) is 6.67. The summed E-state index contributed by atoms with van der Waals surface area (Å²) >= 11 is 6.39. The Kier molecular flexibility index (Phi) is 9.28. The first-order valence-electron chi connectivity index (χ1n) is 14.2. The standard InChI is InChI=1S/C29H39ClN4O7/c1-6-21(35)31-16-9-11-18(19(30)13-16)25(37)33-24(29(3,4)5)27(39)34-17-10-8-15(12-17)23(34)26(38)32-20-14-22(36)41-28(20)40-7-2/h9,11,13,15,17,20,23-24,28H,6-8,10,12,14H2,1-5H3,(H,31,35)(H,32,38)(H,33,37)/t15-,17?,20-,23-,24+,28+/m0/s1. The molecule has 3 fully saturated rings. The Hall–Kier alpha value is -3.18. The second kappa shape index (κ2) is 12.4. The molecule has 1 aromatic rings. The van der Waals surface area contributed by atoms with Gasteiger partial charge in [0.1, 0.15) is 18.1 Å². The van der Waals surface area contributed by atoms with E-state index in [0.717, 1.165) is 12.8 Å². The minimum Gasteiger partial charge on any atom is -0.433 e.